The van der Waals surface area contributed by atoms with Crippen molar-refractivity contribution in [3.8, 4) is 11.1 Å². The van der Waals surface area contributed by atoms with Gasteiger partial charge < -0.3 is 14.4 Å². The fourth-order valence-electron chi connectivity index (χ4n) is 4.52. The van der Waals surface area contributed by atoms with E-state index in [1.54, 1.807) is 0 Å². The van der Waals surface area contributed by atoms with Gasteiger partial charge in [0.15, 0.2) is 0 Å². The average molecular weight is 501 g/mol. The molecule has 1 fully saturated rings. The van der Waals surface area contributed by atoms with E-state index in [1.165, 1.54) is 0 Å². The molecule has 1 aliphatic heterocycles. The third kappa shape index (κ3) is 8.46. The van der Waals surface area contributed by atoms with Crippen LogP contribution >= 0.6 is 0 Å². The minimum atomic E-state index is -0.412. The first-order valence-corrected chi connectivity index (χ1v) is 13.1. The van der Waals surface area contributed by atoms with Crippen LogP contribution in [0.1, 0.15) is 43.2 Å². The fourth-order valence-corrected chi connectivity index (χ4v) is 4.52. The monoisotopic (exact) mass is 500 g/mol. The molecular weight excluding hydrogens is 464 g/mol. The molecule has 0 spiro atoms. The van der Waals surface area contributed by atoms with Crippen LogP contribution in [0.25, 0.3) is 11.1 Å². The van der Waals surface area contributed by atoms with E-state index in [-0.39, 0.29) is 12.1 Å². The second-order valence-electron chi connectivity index (χ2n) is 9.63. The van der Waals surface area contributed by atoms with Crippen LogP contribution in [-0.4, -0.2) is 43.2 Å². The second-order valence-corrected chi connectivity index (χ2v) is 9.63. The largest absolute Gasteiger partial charge is 0.461 e. The minimum Gasteiger partial charge on any atom is -0.461 e. The SMILES string of the molecule is CN1CCC(OC(=O)Nc2cc(CCCCC(=O)OCc3ccccc3)ccc2-c2ccccc2)CC1. The van der Waals surface area contributed by atoms with Crippen LogP contribution in [0.2, 0.25) is 0 Å². The Hall–Kier alpha value is -3.64. The number of piperidine rings is 1. The number of hydrogen-bond acceptors (Lipinski definition) is 5. The maximum atomic E-state index is 12.8. The highest BCUT2D eigenvalue weighted by Crippen LogP contribution is 2.30. The van der Waals surface area contributed by atoms with Crippen molar-refractivity contribution in [3.63, 3.8) is 0 Å². The zero-order valence-corrected chi connectivity index (χ0v) is 21.5. The lowest BCUT2D eigenvalue weighted by atomic mass is 9.99. The van der Waals surface area contributed by atoms with Crippen molar-refractivity contribution in [2.75, 3.05) is 25.5 Å². The Morgan fingerprint density at radius 3 is 2.32 bits per heavy atom. The van der Waals surface area contributed by atoms with Gasteiger partial charge >= 0.3 is 12.1 Å². The molecule has 0 radical (unpaired) electrons. The predicted molar refractivity (Wildman–Crippen MR) is 146 cm³/mol. The quantitative estimate of drug-likeness (QED) is 0.256. The molecule has 1 heterocycles. The summed E-state index contributed by atoms with van der Waals surface area (Å²) in [5.41, 5.74) is 4.82. The number of esters is 1. The number of ether oxygens (including phenoxy) is 2. The summed E-state index contributed by atoms with van der Waals surface area (Å²) >= 11 is 0. The molecular formula is C31H36N2O4. The molecule has 0 aromatic heterocycles. The highest BCUT2D eigenvalue weighted by molar-refractivity contribution is 5.91. The molecule has 4 rings (SSSR count). The van der Waals surface area contributed by atoms with Crippen LogP contribution in [0, 0.1) is 0 Å². The van der Waals surface area contributed by atoms with Crippen molar-refractivity contribution < 1.29 is 19.1 Å². The number of benzene rings is 3. The topological polar surface area (TPSA) is 67.9 Å². The molecule has 1 N–H and O–H groups in total. The van der Waals surface area contributed by atoms with E-state index >= 15 is 0 Å². The molecule has 37 heavy (non-hydrogen) atoms. The molecule has 3 aromatic carbocycles. The number of nitrogens with one attached hydrogen (secondary N) is 1. The van der Waals surface area contributed by atoms with Gasteiger partial charge in [0.1, 0.15) is 12.7 Å². The molecule has 0 atom stereocenters. The molecule has 0 bridgehead atoms. The molecule has 1 saturated heterocycles. The van der Waals surface area contributed by atoms with Crippen molar-refractivity contribution in [2.45, 2.75) is 51.2 Å². The van der Waals surface area contributed by atoms with Crippen LogP contribution in [0.5, 0.6) is 0 Å². The third-order valence-corrected chi connectivity index (χ3v) is 6.68. The van der Waals surface area contributed by atoms with E-state index in [0.717, 1.165) is 73.1 Å². The van der Waals surface area contributed by atoms with Gasteiger partial charge in [0, 0.05) is 25.1 Å². The Balaban J connectivity index is 1.32. The van der Waals surface area contributed by atoms with Gasteiger partial charge in [0.25, 0.3) is 0 Å². The number of carbonyl (C=O) groups excluding carboxylic acids is 2. The molecule has 0 saturated carbocycles. The summed E-state index contributed by atoms with van der Waals surface area (Å²) in [6.07, 6.45) is 4.03. The van der Waals surface area contributed by atoms with Gasteiger partial charge in [-0.2, -0.15) is 0 Å². The molecule has 194 valence electrons. The molecule has 3 aromatic rings. The molecule has 6 heteroatoms. The van der Waals surface area contributed by atoms with Gasteiger partial charge in [-0.1, -0.05) is 72.8 Å². The third-order valence-electron chi connectivity index (χ3n) is 6.68. The first-order chi connectivity index (χ1) is 18.1. The van der Waals surface area contributed by atoms with Crippen LogP contribution in [0.15, 0.2) is 78.9 Å². The van der Waals surface area contributed by atoms with E-state index in [4.69, 9.17) is 9.47 Å². The Bertz CT molecular complexity index is 1140. The predicted octanol–water partition coefficient (Wildman–Crippen LogP) is 6.45. The molecule has 0 aliphatic carbocycles. The van der Waals surface area contributed by atoms with E-state index < -0.39 is 6.09 Å². The first-order valence-electron chi connectivity index (χ1n) is 13.1. The number of hydrogen-bond donors (Lipinski definition) is 1. The number of anilines is 1. The Morgan fingerprint density at radius 2 is 1.59 bits per heavy atom. The summed E-state index contributed by atoms with van der Waals surface area (Å²) in [5.74, 6) is -0.178. The zero-order chi connectivity index (χ0) is 25.9. The second kappa shape index (κ2) is 13.6. The number of amides is 1. The lowest BCUT2D eigenvalue weighted by molar-refractivity contribution is -0.145. The van der Waals surface area contributed by atoms with Crippen LogP contribution in [0.4, 0.5) is 10.5 Å². The van der Waals surface area contributed by atoms with Gasteiger partial charge in [-0.15, -0.1) is 0 Å². The number of carbonyl (C=O) groups is 2. The Kier molecular flexibility index (Phi) is 9.72. The molecule has 1 amide bonds. The normalized spacial score (nSPS) is 14.2. The van der Waals surface area contributed by atoms with Crippen molar-refractivity contribution in [2.24, 2.45) is 0 Å². The highest BCUT2D eigenvalue weighted by atomic mass is 16.6. The van der Waals surface area contributed by atoms with E-state index in [2.05, 4.69) is 23.3 Å². The Labute approximate surface area is 219 Å². The van der Waals surface area contributed by atoms with Gasteiger partial charge in [0.05, 0.1) is 5.69 Å². The van der Waals surface area contributed by atoms with Crippen molar-refractivity contribution in [1.29, 1.82) is 0 Å². The average Bonchev–Trinajstić information content (AvgIpc) is 2.92. The number of likely N-dealkylation sites (tertiary alicyclic amines) is 1. The zero-order valence-electron chi connectivity index (χ0n) is 21.5. The smallest absolute Gasteiger partial charge is 0.411 e. The number of aryl methyl sites for hydroxylation is 1. The summed E-state index contributed by atoms with van der Waals surface area (Å²) in [5, 5.41) is 3.00. The first kappa shape index (κ1) is 26.4. The van der Waals surface area contributed by atoms with Gasteiger partial charge in [-0.3, -0.25) is 10.1 Å². The van der Waals surface area contributed by atoms with Crippen LogP contribution in [-0.2, 0) is 27.3 Å². The number of unbranched alkanes of at least 4 members (excludes halogenated alkanes) is 1. The fraction of sp³-hybridized carbons (Fsp3) is 0.355. The van der Waals surface area contributed by atoms with Gasteiger partial charge in [0.2, 0.25) is 0 Å². The highest BCUT2D eigenvalue weighted by Gasteiger charge is 2.21. The number of rotatable bonds is 10. The van der Waals surface area contributed by atoms with Gasteiger partial charge in [-0.05, 0) is 61.9 Å². The van der Waals surface area contributed by atoms with Crippen LogP contribution in [0.3, 0.4) is 0 Å². The summed E-state index contributed by atoms with van der Waals surface area (Å²) in [7, 11) is 2.08. The van der Waals surface area contributed by atoms with E-state index in [9.17, 15) is 9.59 Å². The summed E-state index contributed by atoms with van der Waals surface area (Å²) in [6.45, 7) is 2.17. The van der Waals surface area contributed by atoms with E-state index in [0.29, 0.717) is 13.0 Å². The maximum absolute atomic E-state index is 12.8. The van der Waals surface area contributed by atoms with Crippen molar-refractivity contribution in [1.82, 2.24) is 4.90 Å². The van der Waals surface area contributed by atoms with Crippen molar-refractivity contribution in [3.05, 3.63) is 90.0 Å². The lowest BCUT2D eigenvalue weighted by Crippen LogP contribution is -2.36. The summed E-state index contributed by atoms with van der Waals surface area (Å²) in [6, 6.07) is 25.9. The number of nitrogens with zero attached hydrogens (tertiary/aromatic N) is 1. The summed E-state index contributed by atoms with van der Waals surface area (Å²) in [4.78, 5) is 27.1. The summed E-state index contributed by atoms with van der Waals surface area (Å²) < 4.78 is 11.1. The van der Waals surface area contributed by atoms with Crippen molar-refractivity contribution >= 4 is 17.7 Å². The maximum Gasteiger partial charge on any atom is 0.411 e. The standard InChI is InChI=1S/C31H36N2O4/c1-33-20-18-27(19-21-33)37-31(35)32-29-22-24(16-17-28(29)26-13-6-3-7-14-26)10-8-9-15-30(34)36-23-25-11-4-2-5-12-25/h2-7,11-14,16-17,22,27H,8-10,15,18-21,23H2,1H3,(H,32,35). The minimum absolute atomic E-state index is 0.0544. The van der Waals surface area contributed by atoms with Gasteiger partial charge in [-0.25, -0.2) is 4.79 Å². The van der Waals surface area contributed by atoms with Crippen LogP contribution < -0.4 is 5.32 Å². The molecule has 0 unspecified atom stereocenters. The lowest BCUT2D eigenvalue weighted by Gasteiger charge is -2.28. The van der Waals surface area contributed by atoms with E-state index in [1.807, 2.05) is 72.8 Å². The molecule has 6 nitrogen and oxygen atoms in total. The molecule has 1 aliphatic rings. The Morgan fingerprint density at radius 1 is 0.892 bits per heavy atom.